The number of hydrogen-bond donors (Lipinski definition) is 1. The van der Waals surface area contributed by atoms with Crippen LogP contribution in [0.15, 0.2) is 29.3 Å². The van der Waals surface area contributed by atoms with Crippen molar-refractivity contribution in [3.8, 4) is 0 Å². The number of rotatable bonds is 2. The summed E-state index contributed by atoms with van der Waals surface area (Å²) in [5.41, 5.74) is 0.838. The molecule has 0 bridgehead atoms. The van der Waals surface area contributed by atoms with Gasteiger partial charge in [-0.2, -0.15) is 0 Å². The first-order valence-electron chi connectivity index (χ1n) is 4.96. The molecule has 0 saturated carbocycles. The van der Waals surface area contributed by atoms with Crippen LogP contribution in [0.1, 0.15) is 5.56 Å². The minimum absolute atomic E-state index is 0.0683. The summed E-state index contributed by atoms with van der Waals surface area (Å²) in [4.78, 5) is 15.8. The Morgan fingerprint density at radius 1 is 1.50 bits per heavy atom. The fourth-order valence-electron chi connectivity index (χ4n) is 1.39. The van der Waals surface area contributed by atoms with E-state index >= 15 is 0 Å². The third-order valence-corrected chi connectivity index (χ3v) is 3.40. The summed E-state index contributed by atoms with van der Waals surface area (Å²) < 4.78 is 0. The minimum Gasteiger partial charge on any atom is -0.305 e. The normalized spacial score (nSPS) is 14.7. The molecule has 1 aliphatic rings. The van der Waals surface area contributed by atoms with Gasteiger partial charge in [-0.05, 0) is 11.6 Å². The summed E-state index contributed by atoms with van der Waals surface area (Å²) >= 11 is 7.54. The Hall–Kier alpha value is -1.000. The maximum Gasteiger partial charge on any atom is 0.230 e. The first-order valence-corrected chi connectivity index (χ1v) is 6.32. The second-order valence-electron chi connectivity index (χ2n) is 3.35. The quantitative estimate of drug-likeness (QED) is 0.878. The molecule has 1 aromatic rings. The van der Waals surface area contributed by atoms with Crippen molar-refractivity contribution >= 4 is 34.4 Å². The minimum atomic E-state index is -0.0683. The van der Waals surface area contributed by atoms with Gasteiger partial charge in [-0.3, -0.25) is 9.79 Å². The van der Waals surface area contributed by atoms with Gasteiger partial charge < -0.3 is 5.32 Å². The van der Waals surface area contributed by atoms with Gasteiger partial charge in [0.25, 0.3) is 0 Å². The van der Waals surface area contributed by atoms with Crippen molar-refractivity contribution < 1.29 is 4.79 Å². The van der Waals surface area contributed by atoms with Crippen molar-refractivity contribution in [3.05, 3.63) is 34.9 Å². The highest BCUT2D eigenvalue weighted by Gasteiger charge is 2.12. The number of halogens is 1. The van der Waals surface area contributed by atoms with Gasteiger partial charge in [-0.15, -0.1) is 0 Å². The zero-order chi connectivity index (χ0) is 11.4. The molecule has 0 saturated heterocycles. The second-order valence-corrected chi connectivity index (χ2v) is 4.84. The van der Waals surface area contributed by atoms with Gasteiger partial charge >= 0.3 is 0 Å². The number of benzene rings is 1. The monoisotopic (exact) mass is 254 g/mol. The van der Waals surface area contributed by atoms with Crippen LogP contribution in [0.3, 0.4) is 0 Å². The Balaban J connectivity index is 1.94. The van der Waals surface area contributed by atoms with Crippen LogP contribution < -0.4 is 5.32 Å². The van der Waals surface area contributed by atoms with Gasteiger partial charge in [-0.25, -0.2) is 0 Å². The zero-order valence-electron chi connectivity index (χ0n) is 8.57. The van der Waals surface area contributed by atoms with Gasteiger partial charge in [0.2, 0.25) is 5.91 Å². The smallest absolute Gasteiger partial charge is 0.230 e. The van der Waals surface area contributed by atoms with E-state index in [9.17, 15) is 4.79 Å². The lowest BCUT2D eigenvalue weighted by molar-refractivity contribution is -0.119. The SMILES string of the molecule is O=C(Cc1ccccc1Cl)NC1=NCCS1. The van der Waals surface area contributed by atoms with E-state index in [-0.39, 0.29) is 5.91 Å². The number of nitrogens with zero attached hydrogens (tertiary/aromatic N) is 1. The number of amidine groups is 1. The molecule has 3 nitrogen and oxygen atoms in total. The second kappa shape index (κ2) is 5.37. The van der Waals surface area contributed by atoms with Crippen molar-refractivity contribution in [2.24, 2.45) is 4.99 Å². The number of thioether (sulfide) groups is 1. The zero-order valence-corrected chi connectivity index (χ0v) is 10.1. The largest absolute Gasteiger partial charge is 0.305 e. The van der Waals surface area contributed by atoms with E-state index < -0.39 is 0 Å². The number of carbonyl (C=O) groups excluding carboxylic acids is 1. The molecule has 0 fully saturated rings. The van der Waals surface area contributed by atoms with Gasteiger partial charge in [0.1, 0.15) is 0 Å². The summed E-state index contributed by atoms with van der Waals surface area (Å²) in [6.07, 6.45) is 0.291. The van der Waals surface area contributed by atoms with E-state index in [0.717, 1.165) is 23.0 Å². The van der Waals surface area contributed by atoms with Gasteiger partial charge in [0.05, 0.1) is 13.0 Å². The van der Waals surface area contributed by atoms with E-state index in [1.165, 1.54) is 0 Å². The number of amides is 1. The fraction of sp³-hybridized carbons (Fsp3) is 0.273. The van der Waals surface area contributed by atoms with Crippen LogP contribution in [0.25, 0.3) is 0 Å². The van der Waals surface area contributed by atoms with Crippen LogP contribution in [0.5, 0.6) is 0 Å². The predicted molar refractivity (Wildman–Crippen MR) is 68.1 cm³/mol. The van der Waals surface area contributed by atoms with Crippen LogP contribution in [-0.2, 0) is 11.2 Å². The summed E-state index contributed by atoms with van der Waals surface area (Å²) in [6.45, 7) is 0.784. The maximum atomic E-state index is 11.7. The van der Waals surface area contributed by atoms with Crippen molar-refractivity contribution in [1.82, 2.24) is 5.32 Å². The standard InChI is InChI=1S/C11H11ClN2OS/c12-9-4-2-1-3-8(9)7-10(15)14-11-13-5-6-16-11/h1-4H,5-7H2,(H,13,14,15). The number of nitrogens with one attached hydrogen (secondary N) is 1. The summed E-state index contributed by atoms with van der Waals surface area (Å²) in [6, 6.07) is 7.36. The van der Waals surface area contributed by atoms with E-state index in [4.69, 9.17) is 11.6 Å². The molecule has 0 radical (unpaired) electrons. The highest BCUT2D eigenvalue weighted by Crippen LogP contribution is 2.15. The van der Waals surface area contributed by atoms with Crippen LogP contribution in [0.2, 0.25) is 5.02 Å². The Bertz CT molecular complexity index is 434. The van der Waals surface area contributed by atoms with Crippen LogP contribution in [0.4, 0.5) is 0 Å². The summed E-state index contributed by atoms with van der Waals surface area (Å²) in [7, 11) is 0. The highest BCUT2D eigenvalue weighted by molar-refractivity contribution is 8.14. The topological polar surface area (TPSA) is 41.5 Å². The van der Waals surface area contributed by atoms with Gasteiger partial charge in [0.15, 0.2) is 5.17 Å². The molecule has 0 atom stereocenters. The van der Waals surface area contributed by atoms with E-state index in [1.807, 2.05) is 18.2 Å². The molecule has 1 aliphatic heterocycles. The fourth-order valence-corrected chi connectivity index (χ4v) is 2.34. The average Bonchev–Trinajstić information content (AvgIpc) is 2.74. The summed E-state index contributed by atoms with van der Waals surface area (Å²) in [5, 5.41) is 4.11. The first-order chi connectivity index (χ1) is 7.75. The van der Waals surface area contributed by atoms with E-state index in [2.05, 4.69) is 10.3 Å². The Morgan fingerprint density at radius 2 is 2.31 bits per heavy atom. The third kappa shape index (κ3) is 3.00. The molecule has 84 valence electrons. The van der Waals surface area contributed by atoms with Crippen LogP contribution in [-0.4, -0.2) is 23.4 Å². The molecule has 1 aromatic carbocycles. The Kier molecular flexibility index (Phi) is 3.85. The number of aliphatic imine (C=N–C) groups is 1. The molecule has 16 heavy (non-hydrogen) atoms. The van der Waals surface area contributed by atoms with Gasteiger partial charge in [-0.1, -0.05) is 41.6 Å². The maximum absolute atomic E-state index is 11.7. The van der Waals surface area contributed by atoms with Crippen molar-refractivity contribution in [2.75, 3.05) is 12.3 Å². The Labute approximate surface area is 103 Å². The Morgan fingerprint density at radius 3 is 3.00 bits per heavy atom. The van der Waals surface area contributed by atoms with E-state index in [0.29, 0.717) is 11.4 Å². The lowest BCUT2D eigenvalue weighted by Crippen LogP contribution is -2.28. The molecular weight excluding hydrogens is 244 g/mol. The molecule has 0 unspecified atom stereocenters. The molecule has 1 amide bonds. The molecule has 0 spiro atoms. The third-order valence-electron chi connectivity index (χ3n) is 2.14. The summed E-state index contributed by atoms with van der Waals surface area (Å²) in [5.74, 6) is 0.878. The van der Waals surface area contributed by atoms with Crippen molar-refractivity contribution in [1.29, 1.82) is 0 Å². The number of hydrogen-bond acceptors (Lipinski definition) is 3. The van der Waals surface area contributed by atoms with E-state index in [1.54, 1.807) is 17.8 Å². The predicted octanol–water partition coefficient (Wildman–Crippen LogP) is 2.10. The molecule has 5 heteroatoms. The molecule has 1 heterocycles. The molecule has 1 N–H and O–H groups in total. The number of carbonyl (C=O) groups is 1. The molecule has 0 aliphatic carbocycles. The lowest BCUT2D eigenvalue weighted by Gasteiger charge is -2.05. The lowest BCUT2D eigenvalue weighted by atomic mass is 10.1. The highest BCUT2D eigenvalue weighted by atomic mass is 35.5. The van der Waals surface area contributed by atoms with Crippen LogP contribution >= 0.6 is 23.4 Å². The average molecular weight is 255 g/mol. The van der Waals surface area contributed by atoms with Gasteiger partial charge in [0, 0.05) is 10.8 Å². The first kappa shape index (κ1) is 11.5. The molecular formula is C11H11ClN2OS. The van der Waals surface area contributed by atoms with Crippen LogP contribution in [0, 0.1) is 0 Å². The van der Waals surface area contributed by atoms with Crippen molar-refractivity contribution in [2.45, 2.75) is 6.42 Å². The molecule has 2 rings (SSSR count). The van der Waals surface area contributed by atoms with Crippen molar-refractivity contribution in [3.63, 3.8) is 0 Å². The molecule has 0 aromatic heterocycles.